The molecule has 1 atom stereocenters. The molecule has 1 aromatic carbocycles. The van der Waals surface area contributed by atoms with Gasteiger partial charge >= 0.3 is 5.97 Å². The molecule has 5 nitrogen and oxygen atoms in total. The molecule has 1 amide bonds. The molecular formula is C17H23NO4. The van der Waals surface area contributed by atoms with Crippen LogP contribution in [-0.2, 0) is 9.59 Å². The van der Waals surface area contributed by atoms with Crippen molar-refractivity contribution in [1.82, 2.24) is 4.90 Å². The molecule has 0 spiro atoms. The largest absolute Gasteiger partial charge is 0.496 e. The normalized spacial score (nSPS) is 17.5. The zero-order valence-electron chi connectivity index (χ0n) is 13.0. The van der Waals surface area contributed by atoms with Crippen LogP contribution < -0.4 is 4.74 Å². The van der Waals surface area contributed by atoms with Gasteiger partial charge in [0.15, 0.2) is 0 Å². The molecule has 0 aliphatic carbocycles. The SMILES string of the molecule is COc1ccccc1C1CCCN1C(=O)CCCCC(=O)O. The average molecular weight is 305 g/mol. The van der Waals surface area contributed by atoms with E-state index in [1.54, 1.807) is 7.11 Å². The van der Waals surface area contributed by atoms with Crippen molar-refractivity contribution in [2.24, 2.45) is 0 Å². The summed E-state index contributed by atoms with van der Waals surface area (Å²) in [4.78, 5) is 24.8. The molecule has 22 heavy (non-hydrogen) atoms. The van der Waals surface area contributed by atoms with Crippen molar-refractivity contribution in [3.63, 3.8) is 0 Å². The van der Waals surface area contributed by atoms with E-state index in [0.717, 1.165) is 30.7 Å². The summed E-state index contributed by atoms with van der Waals surface area (Å²) in [7, 11) is 1.64. The third-order valence-electron chi connectivity index (χ3n) is 4.10. The predicted octanol–water partition coefficient (Wildman–Crippen LogP) is 3.00. The Hall–Kier alpha value is -2.04. The zero-order valence-corrected chi connectivity index (χ0v) is 13.0. The number of para-hydroxylation sites is 1. The minimum absolute atomic E-state index is 0.0723. The summed E-state index contributed by atoms with van der Waals surface area (Å²) in [5.41, 5.74) is 1.06. The van der Waals surface area contributed by atoms with E-state index in [1.165, 1.54) is 0 Å². The summed E-state index contributed by atoms with van der Waals surface area (Å²) < 4.78 is 5.41. The van der Waals surface area contributed by atoms with Gasteiger partial charge in [0.25, 0.3) is 0 Å². The zero-order chi connectivity index (χ0) is 15.9. The van der Waals surface area contributed by atoms with Crippen LogP contribution in [0.2, 0.25) is 0 Å². The van der Waals surface area contributed by atoms with Crippen LogP contribution in [0.1, 0.15) is 50.1 Å². The number of aliphatic carboxylic acids is 1. The van der Waals surface area contributed by atoms with Gasteiger partial charge in [-0.05, 0) is 31.7 Å². The molecule has 1 aliphatic heterocycles. The smallest absolute Gasteiger partial charge is 0.303 e. The minimum Gasteiger partial charge on any atom is -0.496 e. The third kappa shape index (κ3) is 4.00. The Bertz CT molecular complexity index is 529. The number of carbonyl (C=O) groups excluding carboxylic acids is 1. The Kier molecular flexibility index (Phi) is 5.81. The second-order valence-corrected chi connectivity index (χ2v) is 5.59. The first kappa shape index (κ1) is 16.3. The maximum absolute atomic E-state index is 12.4. The van der Waals surface area contributed by atoms with Crippen LogP contribution in [-0.4, -0.2) is 35.5 Å². The van der Waals surface area contributed by atoms with Gasteiger partial charge in [-0.3, -0.25) is 9.59 Å². The lowest BCUT2D eigenvalue weighted by atomic mass is 10.0. The van der Waals surface area contributed by atoms with Gasteiger partial charge in [0.05, 0.1) is 13.2 Å². The van der Waals surface area contributed by atoms with Crippen molar-refractivity contribution >= 4 is 11.9 Å². The molecule has 0 saturated carbocycles. The number of hydrogen-bond donors (Lipinski definition) is 1. The van der Waals surface area contributed by atoms with E-state index in [2.05, 4.69) is 0 Å². The molecule has 1 aromatic rings. The Morgan fingerprint density at radius 1 is 1.27 bits per heavy atom. The highest BCUT2D eigenvalue weighted by Gasteiger charge is 2.31. The number of ether oxygens (including phenoxy) is 1. The quantitative estimate of drug-likeness (QED) is 0.786. The van der Waals surface area contributed by atoms with Gasteiger partial charge in [-0.2, -0.15) is 0 Å². The Morgan fingerprint density at radius 3 is 2.73 bits per heavy atom. The van der Waals surface area contributed by atoms with Gasteiger partial charge < -0.3 is 14.7 Å². The van der Waals surface area contributed by atoms with E-state index in [4.69, 9.17) is 9.84 Å². The number of benzene rings is 1. The number of hydrogen-bond acceptors (Lipinski definition) is 3. The lowest BCUT2D eigenvalue weighted by molar-refractivity contribution is -0.137. The van der Waals surface area contributed by atoms with Gasteiger partial charge in [-0.1, -0.05) is 18.2 Å². The van der Waals surface area contributed by atoms with Crippen molar-refractivity contribution in [2.75, 3.05) is 13.7 Å². The van der Waals surface area contributed by atoms with Gasteiger partial charge in [-0.25, -0.2) is 0 Å². The van der Waals surface area contributed by atoms with Gasteiger partial charge in [0.2, 0.25) is 5.91 Å². The maximum atomic E-state index is 12.4. The van der Waals surface area contributed by atoms with E-state index in [0.29, 0.717) is 19.3 Å². The summed E-state index contributed by atoms with van der Waals surface area (Å²) in [6.07, 6.45) is 3.65. The molecule has 1 heterocycles. The molecule has 1 N–H and O–H groups in total. The summed E-state index contributed by atoms with van der Waals surface area (Å²) >= 11 is 0. The topological polar surface area (TPSA) is 66.8 Å². The lowest BCUT2D eigenvalue weighted by Gasteiger charge is -2.26. The first-order valence-electron chi connectivity index (χ1n) is 7.77. The second kappa shape index (κ2) is 7.82. The molecule has 1 unspecified atom stereocenters. The number of carboxylic acid groups (broad SMARTS) is 1. The summed E-state index contributed by atoms with van der Waals surface area (Å²) in [5, 5.41) is 8.63. The first-order valence-corrected chi connectivity index (χ1v) is 7.77. The fourth-order valence-corrected chi connectivity index (χ4v) is 3.03. The van der Waals surface area contributed by atoms with E-state index in [-0.39, 0.29) is 18.4 Å². The highest BCUT2D eigenvalue weighted by Crippen LogP contribution is 2.37. The molecule has 1 aliphatic rings. The second-order valence-electron chi connectivity index (χ2n) is 5.59. The van der Waals surface area contributed by atoms with Crippen molar-refractivity contribution in [3.8, 4) is 5.75 Å². The van der Waals surface area contributed by atoms with Gasteiger partial charge in [0.1, 0.15) is 5.75 Å². The monoisotopic (exact) mass is 305 g/mol. The number of nitrogens with zero attached hydrogens (tertiary/aromatic N) is 1. The third-order valence-corrected chi connectivity index (χ3v) is 4.10. The number of methoxy groups -OCH3 is 1. The molecule has 5 heteroatoms. The van der Waals surface area contributed by atoms with Crippen LogP contribution in [0.3, 0.4) is 0 Å². The van der Waals surface area contributed by atoms with E-state index in [1.807, 2.05) is 29.2 Å². The summed E-state index contributed by atoms with van der Waals surface area (Å²) in [6, 6.07) is 7.90. The number of amides is 1. The maximum Gasteiger partial charge on any atom is 0.303 e. The van der Waals surface area contributed by atoms with Crippen LogP contribution in [0.5, 0.6) is 5.75 Å². The molecule has 0 aromatic heterocycles. The highest BCUT2D eigenvalue weighted by molar-refractivity contribution is 5.77. The number of carbonyl (C=O) groups is 2. The Balaban J connectivity index is 1.98. The first-order chi connectivity index (χ1) is 10.6. The fourth-order valence-electron chi connectivity index (χ4n) is 3.03. The van der Waals surface area contributed by atoms with E-state index < -0.39 is 5.97 Å². The number of unbranched alkanes of at least 4 members (excludes halogenated alkanes) is 1. The molecular weight excluding hydrogens is 282 g/mol. The molecule has 2 rings (SSSR count). The highest BCUT2D eigenvalue weighted by atomic mass is 16.5. The van der Waals surface area contributed by atoms with Crippen molar-refractivity contribution in [2.45, 2.75) is 44.6 Å². The molecule has 0 radical (unpaired) electrons. The van der Waals surface area contributed by atoms with Crippen LogP contribution in [0, 0.1) is 0 Å². The average Bonchev–Trinajstić information content (AvgIpc) is 3.00. The van der Waals surface area contributed by atoms with Crippen molar-refractivity contribution < 1.29 is 19.4 Å². The lowest BCUT2D eigenvalue weighted by Crippen LogP contribution is -2.30. The molecule has 0 bridgehead atoms. The Labute approximate surface area is 130 Å². The number of carboxylic acids is 1. The van der Waals surface area contributed by atoms with E-state index in [9.17, 15) is 9.59 Å². The van der Waals surface area contributed by atoms with Crippen LogP contribution >= 0.6 is 0 Å². The molecule has 120 valence electrons. The van der Waals surface area contributed by atoms with Crippen molar-refractivity contribution in [1.29, 1.82) is 0 Å². The minimum atomic E-state index is -0.805. The predicted molar refractivity (Wildman–Crippen MR) is 82.8 cm³/mol. The number of likely N-dealkylation sites (tertiary alicyclic amines) is 1. The fraction of sp³-hybridized carbons (Fsp3) is 0.529. The summed E-state index contributed by atoms with van der Waals surface area (Å²) in [5.74, 6) is 0.123. The molecule has 1 saturated heterocycles. The van der Waals surface area contributed by atoms with E-state index >= 15 is 0 Å². The van der Waals surface area contributed by atoms with Crippen LogP contribution in [0.4, 0.5) is 0 Å². The number of rotatable bonds is 7. The molecule has 1 fully saturated rings. The van der Waals surface area contributed by atoms with Crippen LogP contribution in [0.15, 0.2) is 24.3 Å². The van der Waals surface area contributed by atoms with Gasteiger partial charge in [-0.15, -0.1) is 0 Å². The van der Waals surface area contributed by atoms with Gasteiger partial charge in [0, 0.05) is 24.9 Å². The van der Waals surface area contributed by atoms with Crippen molar-refractivity contribution in [3.05, 3.63) is 29.8 Å². The van der Waals surface area contributed by atoms with Crippen LogP contribution in [0.25, 0.3) is 0 Å². The standard InChI is InChI=1S/C17H23NO4/c1-22-15-9-3-2-7-13(15)14-8-6-12-18(14)16(19)10-4-5-11-17(20)21/h2-3,7,9,14H,4-6,8,10-12H2,1H3,(H,20,21). The summed E-state index contributed by atoms with van der Waals surface area (Å²) in [6.45, 7) is 0.764. The Morgan fingerprint density at radius 2 is 2.00 bits per heavy atom.